The number of ketones is 1. The normalized spacial score (nSPS) is 10.1. The van der Waals surface area contributed by atoms with Gasteiger partial charge in [0.2, 0.25) is 0 Å². The van der Waals surface area contributed by atoms with Gasteiger partial charge in [-0.25, -0.2) is 0 Å². The lowest BCUT2D eigenvalue weighted by molar-refractivity contribution is -0.116. The molecule has 0 fully saturated rings. The molecule has 13 heavy (non-hydrogen) atoms. The van der Waals surface area contributed by atoms with E-state index in [1.165, 1.54) is 0 Å². The highest BCUT2D eigenvalue weighted by Crippen LogP contribution is 2.18. The van der Waals surface area contributed by atoms with Crippen molar-refractivity contribution in [1.29, 1.82) is 0 Å². The Hall–Kier alpha value is -0.280. The van der Waals surface area contributed by atoms with Crippen molar-refractivity contribution in [3.63, 3.8) is 0 Å². The second-order valence-electron chi connectivity index (χ2n) is 2.98. The number of alkyl halides is 1. The lowest BCUT2D eigenvalue weighted by Crippen LogP contribution is -1.96. The molecule has 0 spiro atoms. The third kappa shape index (κ3) is 3.16. The monoisotopic (exact) mass is 258 g/mol. The zero-order chi connectivity index (χ0) is 9.84. The SMILES string of the molecule is CC(=O)Cc1ccc(CBr)c(S)c1. The molecule has 0 N–H and O–H groups in total. The van der Waals surface area contributed by atoms with E-state index in [1.807, 2.05) is 18.2 Å². The predicted octanol–water partition coefficient (Wildman–Crippen LogP) is 3.00. The van der Waals surface area contributed by atoms with E-state index in [9.17, 15) is 4.79 Å². The van der Waals surface area contributed by atoms with Gasteiger partial charge in [0.15, 0.2) is 0 Å². The number of carbonyl (C=O) groups is 1. The third-order valence-electron chi connectivity index (χ3n) is 1.75. The van der Waals surface area contributed by atoms with Crippen LogP contribution in [0.15, 0.2) is 23.1 Å². The molecule has 0 atom stereocenters. The second-order valence-corrected chi connectivity index (χ2v) is 4.02. The van der Waals surface area contributed by atoms with E-state index < -0.39 is 0 Å². The first-order valence-corrected chi connectivity index (χ1v) is 5.56. The van der Waals surface area contributed by atoms with Crippen LogP contribution in [0.4, 0.5) is 0 Å². The van der Waals surface area contributed by atoms with Crippen LogP contribution in [0.3, 0.4) is 0 Å². The first-order chi connectivity index (χ1) is 6.13. The number of rotatable bonds is 3. The molecule has 1 nitrogen and oxygen atoms in total. The van der Waals surface area contributed by atoms with E-state index in [0.29, 0.717) is 6.42 Å². The average Bonchev–Trinajstić information content (AvgIpc) is 2.03. The van der Waals surface area contributed by atoms with Gasteiger partial charge in [-0.05, 0) is 24.1 Å². The summed E-state index contributed by atoms with van der Waals surface area (Å²) in [6, 6.07) is 5.91. The quantitative estimate of drug-likeness (QED) is 0.652. The standard InChI is InChI=1S/C10H11BrOS/c1-7(12)4-8-2-3-9(6-11)10(13)5-8/h2-3,5,13H,4,6H2,1H3. The Morgan fingerprint density at radius 3 is 2.69 bits per heavy atom. The summed E-state index contributed by atoms with van der Waals surface area (Å²) in [5, 5.41) is 0.798. The minimum Gasteiger partial charge on any atom is -0.300 e. The maximum atomic E-state index is 10.8. The first kappa shape index (κ1) is 10.8. The number of thiol groups is 1. The smallest absolute Gasteiger partial charge is 0.134 e. The molecule has 0 aliphatic heterocycles. The summed E-state index contributed by atoms with van der Waals surface area (Å²) in [7, 11) is 0. The summed E-state index contributed by atoms with van der Waals surface area (Å²) in [5.41, 5.74) is 2.18. The van der Waals surface area contributed by atoms with Crippen LogP contribution in [0.5, 0.6) is 0 Å². The average molecular weight is 259 g/mol. The van der Waals surface area contributed by atoms with Gasteiger partial charge in [-0.15, -0.1) is 12.6 Å². The molecule has 1 rings (SSSR count). The molecule has 1 aromatic rings. The van der Waals surface area contributed by atoms with Gasteiger partial charge < -0.3 is 0 Å². The lowest BCUT2D eigenvalue weighted by Gasteiger charge is -2.03. The molecule has 0 aliphatic carbocycles. The number of Topliss-reactive ketones (excluding diaryl/α,β-unsaturated/α-hetero) is 1. The summed E-state index contributed by atoms with van der Waals surface area (Å²) < 4.78 is 0. The zero-order valence-electron chi connectivity index (χ0n) is 7.38. The van der Waals surface area contributed by atoms with Crippen molar-refractivity contribution in [3.8, 4) is 0 Å². The van der Waals surface area contributed by atoms with Gasteiger partial charge in [-0.1, -0.05) is 28.1 Å². The van der Waals surface area contributed by atoms with E-state index in [0.717, 1.165) is 21.4 Å². The Morgan fingerprint density at radius 1 is 1.54 bits per heavy atom. The van der Waals surface area contributed by atoms with Crippen LogP contribution in [-0.4, -0.2) is 5.78 Å². The van der Waals surface area contributed by atoms with Crippen molar-refractivity contribution < 1.29 is 4.79 Å². The van der Waals surface area contributed by atoms with Gasteiger partial charge in [0.1, 0.15) is 5.78 Å². The molecule has 0 radical (unpaired) electrons. The van der Waals surface area contributed by atoms with Gasteiger partial charge in [0.25, 0.3) is 0 Å². The van der Waals surface area contributed by atoms with Crippen LogP contribution >= 0.6 is 28.6 Å². The van der Waals surface area contributed by atoms with Gasteiger partial charge in [0.05, 0.1) is 0 Å². The topological polar surface area (TPSA) is 17.1 Å². The van der Waals surface area contributed by atoms with Crippen molar-refractivity contribution >= 4 is 34.3 Å². The molecule has 0 amide bonds. The molecule has 3 heteroatoms. The maximum absolute atomic E-state index is 10.8. The minimum atomic E-state index is 0.180. The Balaban J connectivity index is 2.89. The van der Waals surface area contributed by atoms with Crippen LogP contribution in [-0.2, 0) is 16.5 Å². The molecule has 0 aliphatic rings. The molecule has 0 aromatic heterocycles. The van der Waals surface area contributed by atoms with E-state index >= 15 is 0 Å². The molecule has 0 unspecified atom stereocenters. The molecule has 0 heterocycles. The zero-order valence-corrected chi connectivity index (χ0v) is 9.86. The largest absolute Gasteiger partial charge is 0.300 e. The molecule has 0 saturated carbocycles. The maximum Gasteiger partial charge on any atom is 0.134 e. The van der Waals surface area contributed by atoms with Crippen molar-refractivity contribution in [1.82, 2.24) is 0 Å². The van der Waals surface area contributed by atoms with Crippen LogP contribution < -0.4 is 0 Å². The molecule has 0 saturated heterocycles. The number of halogens is 1. The van der Waals surface area contributed by atoms with Crippen LogP contribution in [0.25, 0.3) is 0 Å². The number of benzene rings is 1. The van der Waals surface area contributed by atoms with E-state index in [2.05, 4.69) is 28.6 Å². The van der Waals surface area contributed by atoms with Crippen LogP contribution in [0, 0.1) is 0 Å². The van der Waals surface area contributed by atoms with Crippen LogP contribution in [0.1, 0.15) is 18.1 Å². The minimum absolute atomic E-state index is 0.180. The van der Waals surface area contributed by atoms with Crippen molar-refractivity contribution in [2.75, 3.05) is 0 Å². The van der Waals surface area contributed by atoms with Crippen molar-refractivity contribution in [2.45, 2.75) is 23.6 Å². The van der Waals surface area contributed by atoms with Gasteiger partial charge >= 0.3 is 0 Å². The predicted molar refractivity (Wildman–Crippen MR) is 60.7 cm³/mol. The Labute approximate surface area is 92.1 Å². The number of hydrogen-bond donors (Lipinski definition) is 1. The van der Waals surface area contributed by atoms with Gasteiger partial charge in [-0.3, -0.25) is 4.79 Å². The summed E-state index contributed by atoms with van der Waals surface area (Å²) >= 11 is 7.70. The second kappa shape index (κ2) is 4.82. The van der Waals surface area contributed by atoms with Crippen molar-refractivity contribution in [3.05, 3.63) is 29.3 Å². The van der Waals surface area contributed by atoms with E-state index in [-0.39, 0.29) is 5.78 Å². The van der Waals surface area contributed by atoms with E-state index in [1.54, 1.807) is 6.92 Å². The van der Waals surface area contributed by atoms with Crippen molar-refractivity contribution in [2.24, 2.45) is 0 Å². The number of carbonyl (C=O) groups excluding carboxylic acids is 1. The fourth-order valence-electron chi connectivity index (χ4n) is 1.12. The summed E-state index contributed by atoms with van der Waals surface area (Å²) in [4.78, 5) is 11.8. The Morgan fingerprint density at radius 2 is 2.23 bits per heavy atom. The molecule has 1 aromatic carbocycles. The third-order valence-corrected chi connectivity index (χ3v) is 2.77. The van der Waals surface area contributed by atoms with E-state index in [4.69, 9.17) is 0 Å². The molecule has 0 bridgehead atoms. The summed E-state index contributed by atoms with van der Waals surface area (Å²) in [5.74, 6) is 0.180. The lowest BCUT2D eigenvalue weighted by atomic mass is 10.1. The summed E-state index contributed by atoms with van der Waals surface area (Å²) in [6.45, 7) is 1.59. The van der Waals surface area contributed by atoms with Gasteiger partial charge in [-0.2, -0.15) is 0 Å². The first-order valence-electron chi connectivity index (χ1n) is 3.99. The molecular weight excluding hydrogens is 248 g/mol. The Bertz CT molecular complexity index is 323. The highest BCUT2D eigenvalue weighted by atomic mass is 79.9. The fourth-order valence-corrected chi connectivity index (χ4v) is 2.14. The molecular formula is C10H11BrOS. The fraction of sp³-hybridized carbons (Fsp3) is 0.300. The Kier molecular flexibility index (Phi) is 4.00. The summed E-state index contributed by atoms with van der Waals surface area (Å²) in [6.07, 6.45) is 0.496. The highest BCUT2D eigenvalue weighted by Gasteiger charge is 2.01. The van der Waals surface area contributed by atoms with Crippen LogP contribution in [0.2, 0.25) is 0 Å². The number of hydrogen-bond acceptors (Lipinski definition) is 2. The highest BCUT2D eigenvalue weighted by molar-refractivity contribution is 9.08. The van der Waals surface area contributed by atoms with Gasteiger partial charge in [0, 0.05) is 16.6 Å². The molecule has 70 valence electrons.